The number of fused-ring (bicyclic) bond motifs is 1. The molecule has 2 aromatic rings. The van der Waals surface area contributed by atoms with E-state index < -0.39 is 11.6 Å². The number of hydrogen-bond donors (Lipinski definition) is 0. The van der Waals surface area contributed by atoms with E-state index in [1.54, 1.807) is 51.1 Å². The Bertz CT molecular complexity index is 597. The molecule has 0 fully saturated rings. The van der Waals surface area contributed by atoms with Gasteiger partial charge in [-0.3, -0.25) is 0 Å². The second-order valence-corrected chi connectivity index (χ2v) is 5.14. The molecule has 2 nitrogen and oxygen atoms in total. The number of carbonyl (C=O) groups is 1. The molecule has 0 aromatic heterocycles. The normalized spacial score (nSPS) is 11.6. The molecule has 0 saturated carbocycles. The summed E-state index contributed by atoms with van der Waals surface area (Å²) in [4.78, 5) is 12.0. The zero-order valence-electron chi connectivity index (χ0n) is 10.7. The lowest BCUT2D eigenvalue weighted by Gasteiger charge is -2.20. The minimum atomic E-state index is -0.563. The zero-order valence-corrected chi connectivity index (χ0v) is 10.7. The van der Waals surface area contributed by atoms with E-state index in [4.69, 9.17) is 4.74 Å². The summed E-state index contributed by atoms with van der Waals surface area (Å²) in [6.07, 6.45) is 0. The Morgan fingerprint density at radius 2 is 1.67 bits per heavy atom. The van der Waals surface area contributed by atoms with E-state index in [0.717, 1.165) is 0 Å². The SMILES string of the molecule is CC(C)(C)OC(=O)c1cccc2c(F)cccc12. The van der Waals surface area contributed by atoms with Gasteiger partial charge in [0.1, 0.15) is 11.4 Å². The van der Waals surface area contributed by atoms with E-state index in [2.05, 4.69) is 0 Å². The van der Waals surface area contributed by atoms with Crippen molar-refractivity contribution in [3.05, 3.63) is 47.8 Å². The molecule has 3 heteroatoms. The summed E-state index contributed by atoms with van der Waals surface area (Å²) >= 11 is 0. The van der Waals surface area contributed by atoms with Crippen LogP contribution in [0.5, 0.6) is 0 Å². The van der Waals surface area contributed by atoms with Crippen LogP contribution in [-0.4, -0.2) is 11.6 Å². The molecule has 0 aliphatic carbocycles. The van der Waals surface area contributed by atoms with Crippen molar-refractivity contribution in [2.45, 2.75) is 26.4 Å². The second-order valence-electron chi connectivity index (χ2n) is 5.14. The molecule has 0 spiro atoms. The summed E-state index contributed by atoms with van der Waals surface area (Å²) in [6, 6.07) is 9.64. The Hall–Kier alpha value is -1.90. The highest BCUT2D eigenvalue weighted by molar-refractivity contribution is 6.04. The predicted octanol–water partition coefficient (Wildman–Crippen LogP) is 3.93. The van der Waals surface area contributed by atoms with Crippen LogP contribution < -0.4 is 0 Å². The van der Waals surface area contributed by atoms with Gasteiger partial charge in [0.2, 0.25) is 0 Å². The van der Waals surface area contributed by atoms with Crippen LogP contribution in [0.1, 0.15) is 31.1 Å². The van der Waals surface area contributed by atoms with Gasteiger partial charge in [-0.25, -0.2) is 9.18 Å². The number of rotatable bonds is 1. The van der Waals surface area contributed by atoms with Gasteiger partial charge in [0.05, 0.1) is 5.56 Å². The molecular formula is C15H15FO2. The molecule has 94 valence electrons. The zero-order chi connectivity index (χ0) is 13.3. The summed E-state index contributed by atoms with van der Waals surface area (Å²) in [5.41, 5.74) is -0.172. The maximum atomic E-state index is 13.6. The maximum Gasteiger partial charge on any atom is 0.339 e. The fourth-order valence-corrected chi connectivity index (χ4v) is 1.78. The van der Waals surface area contributed by atoms with Crippen molar-refractivity contribution >= 4 is 16.7 Å². The molecule has 0 N–H and O–H groups in total. The van der Waals surface area contributed by atoms with Crippen molar-refractivity contribution in [2.75, 3.05) is 0 Å². The first kappa shape index (κ1) is 12.6. The molecule has 2 aromatic carbocycles. The van der Waals surface area contributed by atoms with Crippen LogP contribution in [0.4, 0.5) is 4.39 Å². The number of halogens is 1. The van der Waals surface area contributed by atoms with E-state index in [-0.39, 0.29) is 5.82 Å². The molecular weight excluding hydrogens is 231 g/mol. The summed E-state index contributed by atoms with van der Waals surface area (Å²) < 4.78 is 18.9. The van der Waals surface area contributed by atoms with Gasteiger partial charge in [0.25, 0.3) is 0 Å². The molecule has 0 amide bonds. The molecule has 0 aliphatic heterocycles. The lowest BCUT2D eigenvalue weighted by atomic mass is 10.0. The van der Waals surface area contributed by atoms with Crippen LogP contribution in [0.15, 0.2) is 36.4 Å². The first-order valence-corrected chi connectivity index (χ1v) is 5.79. The molecule has 0 heterocycles. The third-order valence-corrected chi connectivity index (χ3v) is 2.49. The first-order chi connectivity index (χ1) is 8.38. The monoisotopic (exact) mass is 246 g/mol. The van der Waals surface area contributed by atoms with Crippen molar-refractivity contribution in [1.29, 1.82) is 0 Å². The fraction of sp³-hybridized carbons (Fsp3) is 0.267. The van der Waals surface area contributed by atoms with Crippen LogP contribution >= 0.6 is 0 Å². The molecule has 0 bridgehead atoms. The van der Waals surface area contributed by atoms with Crippen LogP contribution in [0.2, 0.25) is 0 Å². The topological polar surface area (TPSA) is 26.3 Å². The molecule has 0 atom stereocenters. The van der Waals surface area contributed by atoms with E-state index in [1.165, 1.54) is 6.07 Å². The lowest BCUT2D eigenvalue weighted by molar-refractivity contribution is 0.00719. The molecule has 0 aliphatic rings. The molecule has 0 unspecified atom stereocenters. The highest BCUT2D eigenvalue weighted by atomic mass is 19.1. The van der Waals surface area contributed by atoms with Gasteiger partial charge in [0, 0.05) is 5.39 Å². The average Bonchev–Trinajstić information content (AvgIpc) is 2.26. The Morgan fingerprint density at radius 3 is 2.33 bits per heavy atom. The molecule has 0 saturated heterocycles. The largest absolute Gasteiger partial charge is 0.456 e. The standard InChI is InChI=1S/C15H15FO2/c1-15(2,3)18-14(17)12-8-4-7-11-10(12)6-5-9-13(11)16/h4-9H,1-3H3. The fourth-order valence-electron chi connectivity index (χ4n) is 1.78. The molecule has 18 heavy (non-hydrogen) atoms. The number of benzene rings is 2. The van der Waals surface area contributed by atoms with Gasteiger partial charge in [0.15, 0.2) is 0 Å². The van der Waals surface area contributed by atoms with Gasteiger partial charge >= 0.3 is 5.97 Å². The van der Waals surface area contributed by atoms with Crippen molar-refractivity contribution in [3.8, 4) is 0 Å². The molecule has 2 rings (SSSR count). The van der Waals surface area contributed by atoms with Gasteiger partial charge in [-0.1, -0.05) is 24.3 Å². The third kappa shape index (κ3) is 2.50. The third-order valence-electron chi connectivity index (χ3n) is 2.49. The van der Waals surface area contributed by atoms with Gasteiger partial charge < -0.3 is 4.74 Å². The number of ether oxygens (including phenoxy) is 1. The van der Waals surface area contributed by atoms with E-state index in [0.29, 0.717) is 16.3 Å². The highest BCUT2D eigenvalue weighted by Gasteiger charge is 2.19. The lowest BCUT2D eigenvalue weighted by Crippen LogP contribution is -2.24. The van der Waals surface area contributed by atoms with Crippen LogP contribution in [0.25, 0.3) is 10.8 Å². The van der Waals surface area contributed by atoms with Crippen LogP contribution in [0.3, 0.4) is 0 Å². The number of carbonyl (C=O) groups excluding carboxylic acids is 1. The van der Waals surface area contributed by atoms with E-state index >= 15 is 0 Å². The highest BCUT2D eigenvalue weighted by Crippen LogP contribution is 2.23. The summed E-state index contributed by atoms with van der Waals surface area (Å²) in [5, 5.41) is 1.01. The van der Waals surface area contributed by atoms with Crippen molar-refractivity contribution in [1.82, 2.24) is 0 Å². The summed E-state index contributed by atoms with van der Waals surface area (Å²) in [5.74, 6) is -0.767. The van der Waals surface area contributed by atoms with Crippen molar-refractivity contribution in [2.24, 2.45) is 0 Å². The first-order valence-electron chi connectivity index (χ1n) is 5.79. The van der Waals surface area contributed by atoms with Gasteiger partial charge in [-0.05, 0) is 38.3 Å². The predicted molar refractivity (Wildman–Crippen MR) is 69.1 cm³/mol. The van der Waals surface area contributed by atoms with Crippen LogP contribution in [-0.2, 0) is 4.74 Å². The van der Waals surface area contributed by atoms with Gasteiger partial charge in [-0.2, -0.15) is 0 Å². The molecule has 0 radical (unpaired) electrons. The Kier molecular flexibility index (Phi) is 3.07. The maximum absolute atomic E-state index is 13.6. The minimum Gasteiger partial charge on any atom is -0.456 e. The summed E-state index contributed by atoms with van der Waals surface area (Å²) in [6.45, 7) is 5.41. The number of hydrogen-bond acceptors (Lipinski definition) is 2. The quantitative estimate of drug-likeness (QED) is 0.712. The van der Waals surface area contributed by atoms with Crippen LogP contribution in [0, 0.1) is 5.82 Å². The average molecular weight is 246 g/mol. The van der Waals surface area contributed by atoms with Gasteiger partial charge in [-0.15, -0.1) is 0 Å². The second kappa shape index (κ2) is 4.41. The summed E-state index contributed by atoms with van der Waals surface area (Å²) in [7, 11) is 0. The Balaban J connectivity index is 2.52. The Labute approximate surface area is 105 Å². The van der Waals surface area contributed by atoms with Crippen molar-refractivity contribution in [3.63, 3.8) is 0 Å². The van der Waals surface area contributed by atoms with Crippen molar-refractivity contribution < 1.29 is 13.9 Å². The van der Waals surface area contributed by atoms with E-state index in [9.17, 15) is 9.18 Å². The smallest absolute Gasteiger partial charge is 0.339 e. The van der Waals surface area contributed by atoms with E-state index in [1.807, 2.05) is 0 Å². The number of esters is 1. The minimum absolute atomic E-state index is 0.335. The Morgan fingerprint density at radius 1 is 1.06 bits per heavy atom.